The largest absolute Gasteiger partial charge is 0.298 e. The van der Waals surface area contributed by atoms with Crippen LogP contribution in [-0.4, -0.2) is 28.9 Å². The van der Waals surface area contributed by atoms with E-state index in [0.29, 0.717) is 17.0 Å². The summed E-state index contributed by atoms with van der Waals surface area (Å²) in [5.41, 5.74) is -0.271. The number of H-pyrrole nitrogens is 1. The fourth-order valence-corrected chi connectivity index (χ4v) is 4.73. The minimum atomic E-state index is -3.10. The van der Waals surface area contributed by atoms with Crippen LogP contribution in [0.15, 0.2) is 0 Å². The summed E-state index contributed by atoms with van der Waals surface area (Å²) in [6, 6.07) is 0. The molecule has 2 heterocycles. The zero-order valence-electron chi connectivity index (χ0n) is 10.9. The third-order valence-corrected chi connectivity index (χ3v) is 5.68. The minimum absolute atomic E-state index is 0.251. The van der Waals surface area contributed by atoms with Crippen LogP contribution in [0.2, 0.25) is 0 Å². The van der Waals surface area contributed by atoms with Crippen molar-refractivity contribution in [2.45, 2.75) is 50.8 Å². The molecule has 1 atom stereocenters. The van der Waals surface area contributed by atoms with Gasteiger partial charge in [-0.2, -0.15) is 5.10 Å². The second-order valence-electron chi connectivity index (χ2n) is 5.74. The van der Waals surface area contributed by atoms with Crippen LogP contribution in [0, 0.1) is 4.77 Å². The molecule has 1 N–H and O–H groups in total. The summed E-state index contributed by atoms with van der Waals surface area (Å²) in [6.07, 6.45) is 2.31. The van der Waals surface area contributed by atoms with Gasteiger partial charge in [0.2, 0.25) is 0 Å². The molecule has 1 unspecified atom stereocenters. The third kappa shape index (κ3) is 2.38. The molecule has 1 fully saturated rings. The van der Waals surface area contributed by atoms with Crippen LogP contribution in [0.4, 0.5) is 0 Å². The lowest BCUT2D eigenvalue weighted by atomic mass is 10.1. The highest BCUT2D eigenvalue weighted by atomic mass is 32.2. The van der Waals surface area contributed by atoms with Crippen molar-refractivity contribution in [1.82, 2.24) is 14.8 Å². The number of rotatable bonds is 1. The van der Waals surface area contributed by atoms with Crippen LogP contribution < -0.4 is 0 Å². The first-order chi connectivity index (χ1) is 8.23. The third-order valence-electron chi connectivity index (χ3n) is 3.24. The van der Waals surface area contributed by atoms with Crippen LogP contribution in [0.5, 0.6) is 0 Å². The molecule has 1 aliphatic heterocycles. The Bertz CT molecular complexity index is 593. The van der Waals surface area contributed by atoms with Gasteiger partial charge in [0.05, 0.1) is 5.75 Å². The van der Waals surface area contributed by atoms with Crippen LogP contribution in [-0.2, 0) is 15.4 Å². The van der Waals surface area contributed by atoms with Gasteiger partial charge < -0.3 is 0 Å². The molecular weight excluding hydrogens is 270 g/mol. The predicted octanol–water partition coefficient (Wildman–Crippen LogP) is 2.34. The highest BCUT2D eigenvalue weighted by Gasteiger charge is 2.36. The minimum Gasteiger partial charge on any atom is -0.298 e. The topological polar surface area (TPSA) is 67.8 Å². The lowest BCUT2D eigenvalue weighted by Gasteiger charge is -2.27. The van der Waals surface area contributed by atoms with E-state index in [1.54, 1.807) is 0 Å². The standard InChI is InChI=1S/C11H19N3O2S2/c1-11(2,3)14-9(12-13-10(14)17)8-6-4-5-7-18(8,15)16/h8H,4-7H2,1-3H3,(H,13,17). The van der Waals surface area contributed by atoms with Gasteiger partial charge in [-0.1, -0.05) is 6.42 Å². The summed E-state index contributed by atoms with van der Waals surface area (Å²) in [4.78, 5) is 0. The van der Waals surface area contributed by atoms with Crippen molar-refractivity contribution < 1.29 is 8.42 Å². The van der Waals surface area contributed by atoms with E-state index in [1.807, 2.05) is 25.3 Å². The first kappa shape index (κ1) is 13.7. The molecular formula is C11H19N3O2S2. The zero-order chi connectivity index (χ0) is 13.6. The van der Waals surface area contributed by atoms with Crippen LogP contribution in [0.1, 0.15) is 51.1 Å². The molecule has 5 nitrogen and oxygen atoms in total. The molecule has 1 saturated heterocycles. The van der Waals surface area contributed by atoms with Crippen molar-refractivity contribution in [2.24, 2.45) is 0 Å². The van der Waals surface area contributed by atoms with Crippen molar-refractivity contribution in [3.8, 4) is 0 Å². The van der Waals surface area contributed by atoms with Crippen LogP contribution in [0.3, 0.4) is 0 Å². The molecule has 7 heteroatoms. The van der Waals surface area contributed by atoms with E-state index >= 15 is 0 Å². The summed E-state index contributed by atoms with van der Waals surface area (Å²) in [5.74, 6) is 0.814. The molecule has 1 aromatic rings. The van der Waals surface area contributed by atoms with Crippen molar-refractivity contribution >= 4 is 22.1 Å². The monoisotopic (exact) mass is 289 g/mol. The van der Waals surface area contributed by atoms with Gasteiger partial charge in [-0.05, 0) is 45.8 Å². The van der Waals surface area contributed by atoms with Gasteiger partial charge in [-0.15, -0.1) is 0 Å². The molecule has 0 amide bonds. The number of sulfone groups is 1. The van der Waals surface area contributed by atoms with Crippen molar-refractivity contribution in [3.63, 3.8) is 0 Å². The highest BCUT2D eigenvalue weighted by molar-refractivity contribution is 7.91. The van der Waals surface area contributed by atoms with Crippen molar-refractivity contribution in [1.29, 1.82) is 0 Å². The Morgan fingerprint density at radius 1 is 1.39 bits per heavy atom. The molecule has 1 aliphatic rings. The molecule has 2 rings (SSSR count). The van der Waals surface area contributed by atoms with E-state index in [1.165, 1.54) is 0 Å². The first-order valence-corrected chi connectivity index (χ1v) is 8.25. The summed E-state index contributed by atoms with van der Waals surface area (Å²) in [7, 11) is -3.10. The maximum absolute atomic E-state index is 12.2. The first-order valence-electron chi connectivity index (χ1n) is 6.13. The molecule has 1 aromatic heterocycles. The van der Waals surface area contributed by atoms with E-state index in [2.05, 4.69) is 10.2 Å². The summed E-state index contributed by atoms with van der Waals surface area (Å²) in [5, 5.41) is 6.38. The van der Waals surface area contributed by atoms with E-state index in [-0.39, 0.29) is 11.3 Å². The van der Waals surface area contributed by atoms with Gasteiger partial charge >= 0.3 is 0 Å². The number of nitrogens with zero attached hydrogens (tertiary/aromatic N) is 2. The molecule has 0 aromatic carbocycles. The van der Waals surface area contributed by atoms with Crippen molar-refractivity contribution in [2.75, 3.05) is 5.75 Å². The quantitative estimate of drug-likeness (QED) is 0.806. The van der Waals surface area contributed by atoms with Crippen LogP contribution in [0.25, 0.3) is 0 Å². The maximum atomic E-state index is 12.2. The number of hydrogen-bond donors (Lipinski definition) is 1. The molecule has 102 valence electrons. The molecule has 0 spiro atoms. The molecule has 0 aliphatic carbocycles. The number of hydrogen-bond acceptors (Lipinski definition) is 4. The lowest BCUT2D eigenvalue weighted by molar-refractivity contribution is 0.371. The number of aromatic amines is 1. The fourth-order valence-electron chi connectivity index (χ4n) is 2.42. The van der Waals surface area contributed by atoms with Gasteiger partial charge in [0, 0.05) is 5.54 Å². The number of nitrogens with one attached hydrogen (secondary N) is 1. The summed E-state index contributed by atoms with van der Waals surface area (Å²) < 4.78 is 26.7. The van der Waals surface area contributed by atoms with Gasteiger partial charge in [-0.3, -0.25) is 9.67 Å². The molecule has 18 heavy (non-hydrogen) atoms. The Morgan fingerprint density at radius 2 is 2.06 bits per heavy atom. The van der Waals surface area contributed by atoms with E-state index in [0.717, 1.165) is 12.8 Å². The van der Waals surface area contributed by atoms with Crippen molar-refractivity contribution in [3.05, 3.63) is 10.6 Å². The maximum Gasteiger partial charge on any atom is 0.195 e. The highest BCUT2D eigenvalue weighted by Crippen LogP contribution is 2.34. The Labute approximate surface area is 113 Å². The average molecular weight is 289 g/mol. The molecule has 0 bridgehead atoms. The second-order valence-corrected chi connectivity index (χ2v) is 8.43. The van der Waals surface area contributed by atoms with Gasteiger partial charge in [0.1, 0.15) is 11.1 Å². The lowest BCUT2D eigenvalue weighted by Crippen LogP contribution is -2.30. The normalized spacial score (nSPS) is 24.1. The smallest absolute Gasteiger partial charge is 0.195 e. The van der Waals surface area contributed by atoms with Gasteiger partial charge in [0.25, 0.3) is 0 Å². The van der Waals surface area contributed by atoms with Crippen LogP contribution >= 0.6 is 12.2 Å². The summed E-state index contributed by atoms with van der Waals surface area (Å²) >= 11 is 5.22. The predicted molar refractivity (Wildman–Crippen MR) is 72.8 cm³/mol. The van der Waals surface area contributed by atoms with E-state index in [9.17, 15) is 8.42 Å². The Morgan fingerprint density at radius 3 is 2.61 bits per heavy atom. The Kier molecular flexibility index (Phi) is 3.40. The SMILES string of the molecule is CC(C)(C)n1c(C2CCCCS2(=O)=O)n[nH]c1=S. The summed E-state index contributed by atoms with van der Waals surface area (Å²) in [6.45, 7) is 5.99. The Hall–Kier alpha value is -0.690. The zero-order valence-corrected chi connectivity index (χ0v) is 12.6. The molecule has 0 saturated carbocycles. The van der Waals surface area contributed by atoms with Gasteiger partial charge in [0.15, 0.2) is 14.6 Å². The number of aromatic nitrogens is 3. The fraction of sp³-hybridized carbons (Fsp3) is 0.818. The van der Waals surface area contributed by atoms with E-state index in [4.69, 9.17) is 12.2 Å². The second kappa shape index (κ2) is 4.45. The Balaban J connectivity index is 2.56. The molecule has 0 radical (unpaired) electrons. The van der Waals surface area contributed by atoms with E-state index < -0.39 is 15.1 Å². The average Bonchev–Trinajstić information content (AvgIpc) is 2.58. The van der Waals surface area contributed by atoms with Gasteiger partial charge in [-0.25, -0.2) is 8.42 Å².